The zero-order valence-corrected chi connectivity index (χ0v) is 12.2. The first-order valence-corrected chi connectivity index (χ1v) is 7.33. The van der Waals surface area contributed by atoms with Crippen LogP contribution >= 0.6 is 0 Å². The molecule has 2 saturated heterocycles. The Kier molecular flexibility index (Phi) is 4.18. The molecule has 2 heterocycles. The SMILES string of the molecule is CC(C)(CN1CCC(N)(C(=O)O)C1)N1CCCCC1. The third-order valence-electron chi connectivity index (χ3n) is 4.63. The molecule has 0 aromatic heterocycles. The molecule has 0 spiro atoms. The van der Waals surface area contributed by atoms with E-state index in [9.17, 15) is 9.90 Å². The Morgan fingerprint density at radius 2 is 1.89 bits per heavy atom. The van der Waals surface area contributed by atoms with Crippen molar-refractivity contribution in [1.82, 2.24) is 9.80 Å². The van der Waals surface area contributed by atoms with Gasteiger partial charge in [-0.25, -0.2) is 0 Å². The van der Waals surface area contributed by atoms with Crippen LogP contribution in [0.15, 0.2) is 0 Å². The number of rotatable bonds is 4. The average Bonchev–Trinajstić information content (AvgIpc) is 2.73. The molecule has 2 fully saturated rings. The van der Waals surface area contributed by atoms with Crippen LogP contribution in [0.25, 0.3) is 0 Å². The lowest BCUT2D eigenvalue weighted by Gasteiger charge is -2.43. The number of carbonyl (C=O) groups is 1. The van der Waals surface area contributed by atoms with Crippen molar-refractivity contribution < 1.29 is 9.90 Å². The molecular formula is C14H27N3O2. The van der Waals surface area contributed by atoms with Crippen LogP contribution < -0.4 is 5.73 Å². The predicted octanol–water partition coefficient (Wildman–Crippen LogP) is 0.739. The van der Waals surface area contributed by atoms with Crippen LogP contribution in [0, 0.1) is 0 Å². The summed E-state index contributed by atoms with van der Waals surface area (Å²) in [6.07, 6.45) is 4.44. The van der Waals surface area contributed by atoms with E-state index < -0.39 is 11.5 Å². The van der Waals surface area contributed by atoms with E-state index in [-0.39, 0.29) is 5.54 Å². The van der Waals surface area contributed by atoms with Crippen molar-refractivity contribution in [2.75, 3.05) is 32.7 Å². The zero-order valence-electron chi connectivity index (χ0n) is 12.2. The fraction of sp³-hybridized carbons (Fsp3) is 0.929. The van der Waals surface area contributed by atoms with Gasteiger partial charge in [0.25, 0.3) is 0 Å². The van der Waals surface area contributed by atoms with Gasteiger partial charge in [0, 0.05) is 25.2 Å². The van der Waals surface area contributed by atoms with Crippen LogP contribution in [0.4, 0.5) is 0 Å². The highest BCUT2D eigenvalue weighted by atomic mass is 16.4. The van der Waals surface area contributed by atoms with E-state index in [0.29, 0.717) is 13.0 Å². The number of piperidine rings is 1. The largest absolute Gasteiger partial charge is 0.480 e. The zero-order chi connectivity index (χ0) is 14.1. The monoisotopic (exact) mass is 269 g/mol. The van der Waals surface area contributed by atoms with E-state index in [0.717, 1.165) is 26.2 Å². The molecule has 1 unspecified atom stereocenters. The normalized spacial score (nSPS) is 30.7. The molecule has 0 amide bonds. The average molecular weight is 269 g/mol. The molecule has 0 aromatic carbocycles. The Bertz CT molecular complexity index is 340. The summed E-state index contributed by atoms with van der Waals surface area (Å²) in [5.41, 5.74) is 4.99. The minimum Gasteiger partial charge on any atom is -0.480 e. The first-order chi connectivity index (χ1) is 8.83. The van der Waals surface area contributed by atoms with Crippen molar-refractivity contribution in [1.29, 1.82) is 0 Å². The number of hydrogen-bond donors (Lipinski definition) is 2. The van der Waals surface area contributed by atoms with Gasteiger partial charge in [-0.05, 0) is 46.2 Å². The van der Waals surface area contributed by atoms with Crippen LogP contribution in [-0.4, -0.2) is 64.7 Å². The van der Waals surface area contributed by atoms with Gasteiger partial charge in [0.05, 0.1) is 0 Å². The minimum atomic E-state index is -1.04. The smallest absolute Gasteiger partial charge is 0.325 e. The third kappa shape index (κ3) is 3.27. The maximum absolute atomic E-state index is 11.2. The van der Waals surface area contributed by atoms with Gasteiger partial charge in [0.1, 0.15) is 5.54 Å². The molecule has 3 N–H and O–H groups in total. The number of hydrogen-bond acceptors (Lipinski definition) is 4. The molecule has 2 aliphatic rings. The molecule has 2 rings (SSSR count). The topological polar surface area (TPSA) is 69.8 Å². The molecule has 0 aliphatic carbocycles. The standard InChI is InChI=1S/C14H27N3O2/c1-13(2,17-7-4-3-5-8-17)10-16-9-6-14(15,11-16)12(18)19/h3-11,15H2,1-2H3,(H,18,19). The minimum absolute atomic E-state index is 0.101. The Morgan fingerprint density at radius 1 is 1.26 bits per heavy atom. The molecule has 110 valence electrons. The lowest BCUT2D eigenvalue weighted by molar-refractivity contribution is -0.142. The van der Waals surface area contributed by atoms with Gasteiger partial charge < -0.3 is 10.8 Å². The number of carboxylic acids is 1. The van der Waals surface area contributed by atoms with Crippen LogP contribution in [-0.2, 0) is 4.79 Å². The van der Waals surface area contributed by atoms with E-state index in [1.807, 2.05) is 0 Å². The van der Waals surface area contributed by atoms with E-state index in [2.05, 4.69) is 23.6 Å². The van der Waals surface area contributed by atoms with Crippen molar-refractivity contribution in [3.63, 3.8) is 0 Å². The molecule has 0 bridgehead atoms. The summed E-state index contributed by atoms with van der Waals surface area (Å²) in [5, 5.41) is 9.18. The molecule has 0 aromatic rings. The summed E-state index contributed by atoms with van der Waals surface area (Å²) >= 11 is 0. The van der Waals surface area contributed by atoms with Crippen molar-refractivity contribution in [2.24, 2.45) is 5.73 Å². The Morgan fingerprint density at radius 3 is 2.42 bits per heavy atom. The fourth-order valence-electron chi connectivity index (χ4n) is 3.37. The number of nitrogens with two attached hydrogens (primary N) is 1. The molecule has 2 aliphatic heterocycles. The molecule has 19 heavy (non-hydrogen) atoms. The molecule has 5 heteroatoms. The summed E-state index contributed by atoms with van der Waals surface area (Å²) in [4.78, 5) is 15.9. The van der Waals surface area contributed by atoms with E-state index in [4.69, 9.17) is 5.73 Å². The summed E-state index contributed by atoms with van der Waals surface area (Å²) in [5.74, 6) is -0.870. The Hall–Kier alpha value is -0.650. The molecule has 0 radical (unpaired) electrons. The number of aliphatic carboxylic acids is 1. The van der Waals surface area contributed by atoms with Crippen LogP contribution in [0.3, 0.4) is 0 Å². The first kappa shape index (κ1) is 14.8. The maximum Gasteiger partial charge on any atom is 0.325 e. The highest BCUT2D eigenvalue weighted by molar-refractivity contribution is 5.79. The number of likely N-dealkylation sites (tertiary alicyclic amines) is 2. The highest BCUT2D eigenvalue weighted by Gasteiger charge is 2.43. The van der Waals surface area contributed by atoms with E-state index in [1.165, 1.54) is 19.3 Å². The summed E-state index contributed by atoms with van der Waals surface area (Å²) in [6.45, 7) is 9.01. The van der Waals surface area contributed by atoms with Gasteiger partial charge in [-0.3, -0.25) is 14.6 Å². The van der Waals surface area contributed by atoms with Gasteiger partial charge in [0.2, 0.25) is 0 Å². The fourth-order valence-corrected chi connectivity index (χ4v) is 3.37. The lowest BCUT2D eigenvalue weighted by Crippen LogP contribution is -2.55. The maximum atomic E-state index is 11.2. The second-order valence-corrected chi connectivity index (χ2v) is 6.78. The van der Waals surface area contributed by atoms with Crippen LogP contribution in [0.1, 0.15) is 39.5 Å². The van der Waals surface area contributed by atoms with Crippen LogP contribution in [0.2, 0.25) is 0 Å². The molecule has 5 nitrogen and oxygen atoms in total. The summed E-state index contributed by atoms with van der Waals surface area (Å²) in [7, 11) is 0. The molecule has 0 saturated carbocycles. The van der Waals surface area contributed by atoms with Crippen LogP contribution in [0.5, 0.6) is 0 Å². The quantitative estimate of drug-likeness (QED) is 0.788. The third-order valence-corrected chi connectivity index (χ3v) is 4.63. The lowest BCUT2D eigenvalue weighted by atomic mass is 9.97. The molecule has 1 atom stereocenters. The Balaban J connectivity index is 1.92. The Labute approximate surface area is 115 Å². The van der Waals surface area contributed by atoms with Crippen molar-refractivity contribution in [3.8, 4) is 0 Å². The second kappa shape index (κ2) is 5.38. The number of nitrogens with zero attached hydrogens (tertiary/aromatic N) is 2. The predicted molar refractivity (Wildman–Crippen MR) is 75.1 cm³/mol. The van der Waals surface area contributed by atoms with Crippen molar-refractivity contribution in [2.45, 2.75) is 50.6 Å². The van der Waals surface area contributed by atoms with Crippen molar-refractivity contribution >= 4 is 5.97 Å². The second-order valence-electron chi connectivity index (χ2n) is 6.78. The van der Waals surface area contributed by atoms with Gasteiger partial charge in [0.15, 0.2) is 0 Å². The van der Waals surface area contributed by atoms with Gasteiger partial charge in [-0.2, -0.15) is 0 Å². The summed E-state index contributed by atoms with van der Waals surface area (Å²) in [6, 6.07) is 0. The first-order valence-electron chi connectivity index (χ1n) is 7.33. The van der Waals surface area contributed by atoms with Gasteiger partial charge >= 0.3 is 5.97 Å². The van der Waals surface area contributed by atoms with E-state index in [1.54, 1.807) is 0 Å². The molecular weight excluding hydrogens is 242 g/mol. The number of carboxylic acid groups (broad SMARTS) is 1. The van der Waals surface area contributed by atoms with Gasteiger partial charge in [-0.1, -0.05) is 6.42 Å². The van der Waals surface area contributed by atoms with Crippen molar-refractivity contribution in [3.05, 3.63) is 0 Å². The van der Waals surface area contributed by atoms with Gasteiger partial charge in [-0.15, -0.1) is 0 Å². The highest BCUT2D eigenvalue weighted by Crippen LogP contribution is 2.25. The van der Waals surface area contributed by atoms with E-state index >= 15 is 0 Å². The summed E-state index contributed by atoms with van der Waals surface area (Å²) < 4.78 is 0.